The third-order valence-electron chi connectivity index (χ3n) is 3.07. The van der Waals surface area contributed by atoms with Crippen LogP contribution in [-0.2, 0) is 6.54 Å². The predicted octanol–water partition coefficient (Wildman–Crippen LogP) is 2.90. The Morgan fingerprint density at radius 1 is 1.50 bits per heavy atom. The number of methoxy groups -OCH3 is 1. The SMILES string of the molecule is C=CC(C)Oc1ccc(OC)cc1CNC1CC1. The topological polar surface area (TPSA) is 30.5 Å². The molecule has 1 aromatic carbocycles. The van der Waals surface area contributed by atoms with Crippen LogP contribution in [0.2, 0.25) is 0 Å². The Balaban J connectivity index is 2.10. The van der Waals surface area contributed by atoms with Crippen molar-refractivity contribution in [2.24, 2.45) is 0 Å². The van der Waals surface area contributed by atoms with Crippen LogP contribution in [0.15, 0.2) is 30.9 Å². The van der Waals surface area contributed by atoms with Gasteiger partial charge < -0.3 is 14.8 Å². The predicted molar refractivity (Wildman–Crippen MR) is 73.1 cm³/mol. The van der Waals surface area contributed by atoms with Gasteiger partial charge in [-0.05, 0) is 38.0 Å². The molecule has 2 rings (SSSR count). The summed E-state index contributed by atoms with van der Waals surface area (Å²) in [7, 11) is 1.68. The molecule has 0 aromatic heterocycles. The lowest BCUT2D eigenvalue weighted by Crippen LogP contribution is -2.17. The lowest BCUT2D eigenvalue weighted by atomic mass is 10.2. The van der Waals surface area contributed by atoms with E-state index in [4.69, 9.17) is 9.47 Å². The van der Waals surface area contributed by atoms with E-state index in [0.29, 0.717) is 6.04 Å². The van der Waals surface area contributed by atoms with E-state index < -0.39 is 0 Å². The lowest BCUT2D eigenvalue weighted by Gasteiger charge is -2.16. The van der Waals surface area contributed by atoms with E-state index >= 15 is 0 Å². The van der Waals surface area contributed by atoms with Gasteiger partial charge in [0.15, 0.2) is 0 Å². The molecule has 3 nitrogen and oxygen atoms in total. The van der Waals surface area contributed by atoms with Gasteiger partial charge in [0.25, 0.3) is 0 Å². The fourth-order valence-corrected chi connectivity index (χ4v) is 1.73. The highest BCUT2D eigenvalue weighted by molar-refractivity contribution is 5.40. The van der Waals surface area contributed by atoms with Crippen molar-refractivity contribution in [1.29, 1.82) is 0 Å². The van der Waals surface area contributed by atoms with Gasteiger partial charge in [0.05, 0.1) is 7.11 Å². The van der Waals surface area contributed by atoms with Crippen LogP contribution in [0.5, 0.6) is 11.5 Å². The molecular weight excluding hydrogens is 226 g/mol. The van der Waals surface area contributed by atoms with E-state index in [1.165, 1.54) is 12.8 Å². The monoisotopic (exact) mass is 247 g/mol. The summed E-state index contributed by atoms with van der Waals surface area (Å²) in [6, 6.07) is 6.59. The first kappa shape index (κ1) is 13.0. The van der Waals surface area contributed by atoms with E-state index in [1.807, 2.05) is 25.1 Å². The van der Waals surface area contributed by atoms with Crippen molar-refractivity contribution < 1.29 is 9.47 Å². The zero-order valence-corrected chi connectivity index (χ0v) is 11.1. The fraction of sp³-hybridized carbons (Fsp3) is 0.467. The molecule has 1 unspecified atom stereocenters. The van der Waals surface area contributed by atoms with Crippen molar-refractivity contribution >= 4 is 0 Å². The van der Waals surface area contributed by atoms with E-state index in [0.717, 1.165) is 23.6 Å². The standard InChI is InChI=1S/C15H21NO2/c1-4-11(2)18-15-8-7-14(17-3)9-12(15)10-16-13-5-6-13/h4,7-9,11,13,16H,1,5-6,10H2,2-3H3. The molecule has 0 heterocycles. The molecule has 0 bridgehead atoms. The molecule has 1 fully saturated rings. The average molecular weight is 247 g/mol. The fourth-order valence-electron chi connectivity index (χ4n) is 1.73. The Bertz CT molecular complexity index is 413. The van der Waals surface area contributed by atoms with Crippen LogP contribution in [0.3, 0.4) is 0 Å². The average Bonchev–Trinajstić information content (AvgIpc) is 3.21. The first-order valence-corrected chi connectivity index (χ1v) is 6.42. The van der Waals surface area contributed by atoms with Gasteiger partial charge in [0, 0.05) is 18.2 Å². The van der Waals surface area contributed by atoms with Gasteiger partial charge in [0.1, 0.15) is 17.6 Å². The number of hydrogen-bond acceptors (Lipinski definition) is 3. The molecule has 3 heteroatoms. The van der Waals surface area contributed by atoms with Crippen molar-refractivity contribution in [3.8, 4) is 11.5 Å². The third-order valence-corrected chi connectivity index (χ3v) is 3.07. The Kier molecular flexibility index (Phi) is 4.26. The first-order chi connectivity index (χ1) is 8.72. The maximum atomic E-state index is 5.83. The summed E-state index contributed by atoms with van der Waals surface area (Å²) in [4.78, 5) is 0. The Morgan fingerprint density at radius 2 is 2.28 bits per heavy atom. The van der Waals surface area contributed by atoms with Crippen LogP contribution in [0, 0.1) is 0 Å². The number of benzene rings is 1. The zero-order chi connectivity index (χ0) is 13.0. The summed E-state index contributed by atoms with van der Waals surface area (Å²) in [6.07, 6.45) is 4.37. The van der Waals surface area contributed by atoms with Gasteiger partial charge >= 0.3 is 0 Å². The van der Waals surface area contributed by atoms with E-state index in [-0.39, 0.29) is 6.10 Å². The summed E-state index contributed by atoms with van der Waals surface area (Å²) in [5.74, 6) is 1.76. The van der Waals surface area contributed by atoms with Gasteiger partial charge in [-0.2, -0.15) is 0 Å². The van der Waals surface area contributed by atoms with Crippen LogP contribution in [0.1, 0.15) is 25.3 Å². The molecule has 1 atom stereocenters. The second-order valence-corrected chi connectivity index (χ2v) is 4.69. The molecule has 98 valence electrons. The molecule has 0 saturated heterocycles. The molecule has 0 spiro atoms. The summed E-state index contributed by atoms with van der Waals surface area (Å²) >= 11 is 0. The van der Waals surface area contributed by atoms with Crippen molar-refractivity contribution in [3.05, 3.63) is 36.4 Å². The third kappa shape index (κ3) is 3.50. The van der Waals surface area contributed by atoms with Gasteiger partial charge in [-0.3, -0.25) is 0 Å². The van der Waals surface area contributed by atoms with Gasteiger partial charge in [0.2, 0.25) is 0 Å². The van der Waals surface area contributed by atoms with E-state index in [1.54, 1.807) is 13.2 Å². The number of ether oxygens (including phenoxy) is 2. The maximum Gasteiger partial charge on any atom is 0.124 e. The number of hydrogen-bond donors (Lipinski definition) is 1. The van der Waals surface area contributed by atoms with E-state index in [2.05, 4.69) is 11.9 Å². The summed E-state index contributed by atoms with van der Waals surface area (Å²) in [5, 5.41) is 3.49. The largest absolute Gasteiger partial charge is 0.497 e. The summed E-state index contributed by atoms with van der Waals surface area (Å²) < 4.78 is 11.1. The van der Waals surface area contributed by atoms with Crippen molar-refractivity contribution in [2.45, 2.75) is 38.5 Å². The van der Waals surface area contributed by atoms with Crippen LogP contribution in [-0.4, -0.2) is 19.3 Å². The molecule has 0 radical (unpaired) electrons. The molecule has 1 aliphatic carbocycles. The van der Waals surface area contributed by atoms with Crippen molar-refractivity contribution in [3.63, 3.8) is 0 Å². The van der Waals surface area contributed by atoms with Crippen LogP contribution in [0.4, 0.5) is 0 Å². The highest BCUT2D eigenvalue weighted by Crippen LogP contribution is 2.27. The highest BCUT2D eigenvalue weighted by atomic mass is 16.5. The summed E-state index contributed by atoms with van der Waals surface area (Å²) in [6.45, 7) is 6.54. The van der Waals surface area contributed by atoms with Gasteiger partial charge in [-0.25, -0.2) is 0 Å². The first-order valence-electron chi connectivity index (χ1n) is 6.42. The molecule has 1 N–H and O–H groups in total. The number of nitrogens with one attached hydrogen (secondary N) is 1. The Morgan fingerprint density at radius 3 is 2.89 bits per heavy atom. The van der Waals surface area contributed by atoms with E-state index in [9.17, 15) is 0 Å². The second kappa shape index (κ2) is 5.91. The van der Waals surface area contributed by atoms with Gasteiger partial charge in [-0.15, -0.1) is 0 Å². The molecule has 0 aliphatic heterocycles. The normalized spacial score (nSPS) is 16.1. The zero-order valence-electron chi connectivity index (χ0n) is 11.1. The minimum Gasteiger partial charge on any atom is -0.497 e. The molecule has 18 heavy (non-hydrogen) atoms. The molecule has 1 aliphatic rings. The van der Waals surface area contributed by atoms with Crippen LogP contribution in [0.25, 0.3) is 0 Å². The summed E-state index contributed by atoms with van der Waals surface area (Å²) in [5.41, 5.74) is 1.13. The molecular formula is C15H21NO2. The molecule has 0 amide bonds. The van der Waals surface area contributed by atoms with Crippen molar-refractivity contribution in [2.75, 3.05) is 7.11 Å². The maximum absolute atomic E-state index is 5.83. The van der Waals surface area contributed by atoms with Crippen molar-refractivity contribution in [1.82, 2.24) is 5.32 Å². The Hall–Kier alpha value is -1.48. The number of rotatable bonds is 7. The quantitative estimate of drug-likeness (QED) is 0.751. The molecule has 1 saturated carbocycles. The lowest BCUT2D eigenvalue weighted by molar-refractivity contribution is 0.266. The smallest absolute Gasteiger partial charge is 0.124 e. The minimum absolute atomic E-state index is 0.0121. The molecule has 1 aromatic rings. The van der Waals surface area contributed by atoms with Crippen LogP contribution < -0.4 is 14.8 Å². The highest BCUT2D eigenvalue weighted by Gasteiger charge is 2.21. The van der Waals surface area contributed by atoms with Gasteiger partial charge in [-0.1, -0.05) is 12.7 Å². The van der Waals surface area contributed by atoms with Crippen LogP contribution >= 0.6 is 0 Å². The second-order valence-electron chi connectivity index (χ2n) is 4.69. The minimum atomic E-state index is 0.0121. The Labute approximate surface area is 109 Å².